The molecule has 0 bridgehead atoms. The van der Waals surface area contributed by atoms with Crippen molar-refractivity contribution in [2.75, 3.05) is 20.1 Å². The van der Waals surface area contributed by atoms with Gasteiger partial charge < -0.3 is 15.4 Å². The molecule has 26 heavy (non-hydrogen) atoms. The minimum absolute atomic E-state index is 0.219. The van der Waals surface area contributed by atoms with Crippen molar-refractivity contribution in [2.24, 2.45) is 4.99 Å². The Bertz CT molecular complexity index is 669. The first-order valence-corrected chi connectivity index (χ1v) is 8.23. The fourth-order valence-corrected chi connectivity index (χ4v) is 2.28. The van der Waals surface area contributed by atoms with Crippen molar-refractivity contribution in [3.63, 3.8) is 0 Å². The Morgan fingerprint density at radius 1 is 1.19 bits per heavy atom. The lowest BCUT2D eigenvalue weighted by Gasteiger charge is -2.12. The number of hydrogen-bond donors (Lipinski definition) is 2. The molecule has 1 aromatic carbocycles. The van der Waals surface area contributed by atoms with Gasteiger partial charge in [0.1, 0.15) is 5.75 Å². The third-order valence-corrected chi connectivity index (χ3v) is 3.50. The van der Waals surface area contributed by atoms with E-state index in [0.717, 1.165) is 25.1 Å². The maximum Gasteiger partial charge on any atom is 0.573 e. The molecule has 6 nitrogen and oxygen atoms in total. The lowest BCUT2D eigenvalue weighted by atomic mass is 10.1. The number of ether oxygens (including phenoxy) is 1. The SMILES string of the molecule is CN=C(NCCCn1cccn1)NCCc1ccc(OC(F)(F)F)cc1. The van der Waals surface area contributed by atoms with E-state index in [1.165, 1.54) is 12.1 Å². The van der Waals surface area contributed by atoms with Gasteiger partial charge >= 0.3 is 6.36 Å². The van der Waals surface area contributed by atoms with Gasteiger partial charge in [-0.1, -0.05) is 12.1 Å². The fourth-order valence-electron chi connectivity index (χ4n) is 2.28. The van der Waals surface area contributed by atoms with Crippen molar-refractivity contribution in [3.8, 4) is 5.75 Å². The Hall–Kier alpha value is -2.71. The van der Waals surface area contributed by atoms with Crippen molar-refractivity contribution in [1.82, 2.24) is 20.4 Å². The maximum atomic E-state index is 12.1. The van der Waals surface area contributed by atoms with Crippen LogP contribution in [0.5, 0.6) is 5.75 Å². The molecule has 0 fully saturated rings. The zero-order valence-corrected chi connectivity index (χ0v) is 14.5. The van der Waals surface area contributed by atoms with Crippen LogP contribution in [0.2, 0.25) is 0 Å². The van der Waals surface area contributed by atoms with Crippen molar-refractivity contribution >= 4 is 5.96 Å². The van der Waals surface area contributed by atoms with Crippen LogP contribution in [-0.4, -0.2) is 42.2 Å². The van der Waals surface area contributed by atoms with Crippen LogP contribution >= 0.6 is 0 Å². The van der Waals surface area contributed by atoms with Crippen LogP contribution in [0.25, 0.3) is 0 Å². The predicted molar refractivity (Wildman–Crippen MR) is 93.0 cm³/mol. The van der Waals surface area contributed by atoms with Crippen molar-refractivity contribution in [3.05, 3.63) is 48.3 Å². The topological polar surface area (TPSA) is 63.5 Å². The smallest absolute Gasteiger partial charge is 0.406 e. The zero-order chi connectivity index (χ0) is 18.8. The van der Waals surface area contributed by atoms with E-state index < -0.39 is 6.36 Å². The van der Waals surface area contributed by atoms with Gasteiger partial charge in [0.2, 0.25) is 0 Å². The first-order chi connectivity index (χ1) is 12.5. The highest BCUT2D eigenvalue weighted by atomic mass is 19.4. The summed E-state index contributed by atoms with van der Waals surface area (Å²) in [7, 11) is 1.69. The first kappa shape index (κ1) is 19.6. The standard InChI is InChI=1S/C17H22F3N5O/c1-21-16(22-9-2-12-25-13-3-10-24-25)23-11-8-14-4-6-15(7-5-14)26-17(18,19)20/h3-7,10,13H,2,8-9,11-12H2,1H3,(H2,21,22,23). The highest BCUT2D eigenvalue weighted by Crippen LogP contribution is 2.22. The van der Waals surface area contributed by atoms with Crippen LogP contribution in [-0.2, 0) is 13.0 Å². The molecule has 2 rings (SSSR count). The minimum Gasteiger partial charge on any atom is -0.406 e. The molecule has 0 unspecified atom stereocenters. The second-order valence-corrected chi connectivity index (χ2v) is 5.49. The second kappa shape index (κ2) is 9.69. The molecule has 0 aliphatic carbocycles. The number of aromatic nitrogens is 2. The average molecular weight is 369 g/mol. The Balaban J connectivity index is 1.65. The Labute approximate surface area is 150 Å². The zero-order valence-electron chi connectivity index (χ0n) is 14.5. The summed E-state index contributed by atoms with van der Waals surface area (Å²) in [6.45, 7) is 2.19. The van der Waals surface area contributed by atoms with E-state index in [4.69, 9.17) is 0 Å². The fraction of sp³-hybridized carbons (Fsp3) is 0.412. The summed E-state index contributed by atoms with van der Waals surface area (Å²) in [5.74, 6) is 0.464. The predicted octanol–water partition coefficient (Wildman–Crippen LogP) is 2.58. The number of alkyl halides is 3. The molecule has 142 valence electrons. The Kier molecular flexibility index (Phi) is 7.31. The summed E-state index contributed by atoms with van der Waals surface area (Å²) in [5, 5.41) is 10.5. The summed E-state index contributed by atoms with van der Waals surface area (Å²) in [6, 6.07) is 7.73. The van der Waals surface area contributed by atoms with Gasteiger partial charge in [0.15, 0.2) is 5.96 Å². The van der Waals surface area contributed by atoms with Crippen LogP contribution < -0.4 is 15.4 Å². The maximum absolute atomic E-state index is 12.1. The third-order valence-electron chi connectivity index (χ3n) is 3.50. The normalized spacial score (nSPS) is 12.1. The highest BCUT2D eigenvalue weighted by Gasteiger charge is 2.30. The van der Waals surface area contributed by atoms with Crippen LogP contribution in [0.1, 0.15) is 12.0 Å². The molecule has 9 heteroatoms. The number of aryl methyl sites for hydroxylation is 1. The molecule has 0 atom stereocenters. The van der Waals surface area contributed by atoms with Gasteiger partial charge in [-0.15, -0.1) is 13.2 Å². The molecular formula is C17H22F3N5O. The number of benzene rings is 1. The van der Waals surface area contributed by atoms with E-state index in [1.54, 1.807) is 25.4 Å². The van der Waals surface area contributed by atoms with E-state index in [9.17, 15) is 13.2 Å². The minimum atomic E-state index is -4.67. The summed E-state index contributed by atoms with van der Waals surface area (Å²) in [4.78, 5) is 4.14. The van der Waals surface area contributed by atoms with Crippen molar-refractivity contribution < 1.29 is 17.9 Å². The van der Waals surface area contributed by atoms with Gasteiger partial charge in [-0.05, 0) is 36.6 Å². The molecule has 2 N–H and O–H groups in total. The number of guanidine groups is 1. The number of rotatable bonds is 8. The molecule has 0 spiro atoms. The highest BCUT2D eigenvalue weighted by molar-refractivity contribution is 5.79. The average Bonchev–Trinajstić information content (AvgIpc) is 3.10. The monoisotopic (exact) mass is 369 g/mol. The number of hydrogen-bond acceptors (Lipinski definition) is 3. The second-order valence-electron chi connectivity index (χ2n) is 5.49. The molecule has 0 saturated heterocycles. The molecule has 0 radical (unpaired) electrons. The van der Waals surface area contributed by atoms with Gasteiger partial charge in [-0.3, -0.25) is 9.67 Å². The largest absolute Gasteiger partial charge is 0.573 e. The van der Waals surface area contributed by atoms with E-state index in [2.05, 4.69) is 25.5 Å². The van der Waals surface area contributed by atoms with Gasteiger partial charge in [-0.25, -0.2) is 0 Å². The lowest BCUT2D eigenvalue weighted by Crippen LogP contribution is -2.39. The quantitative estimate of drug-likeness (QED) is 0.427. The van der Waals surface area contributed by atoms with E-state index in [1.807, 2.05) is 16.9 Å². The third kappa shape index (κ3) is 7.45. The van der Waals surface area contributed by atoms with Crippen molar-refractivity contribution in [2.45, 2.75) is 25.7 Å². The number of aliphatic imine (C=N–C) groups is 1. The lowest BCUT2D eigenvalue weighted by molar-refractivity contribution is -0.274. The van der Waals surface area contributed by atoms with Crippen LogP contribution in [0.15, 0.2) is 47.7 Å². The number of nitrogens with zero attached hydrogens (tertiary/aromatic N) is 3. The van der Waals surface area contributed by atoms with Gasteiger partial charge in [0.05, 0.1) is 0 Å². The molecule has 0 amide bonds. The van der Waals surface area contributed by atoms with Crippen LogP contribution in [0.3, 0.4) is 0 Å². The summed E-state index contributed by atoms with van der Waals surface area (Å²) >= 11 is 0. The molecular weight excluding hydrogens is 347 g/mol. The Morgan fingerprint density at radius 2 is 1.92 bits per heavy atom. The van der Waals surface area contributed by atoms with E-state index in [0.29, 0.717) is 18.9 Å². The van der Waals surface area contributed by atoms with Gasteiger partial charge in [-0.2, -0.15) is 5.10 Å². The molecule has 1 heterocycles. The van der Waals surface area contributed by atoms with E-state index >= 15 is 0 Å². The number of halogens is 3. The van der Waals surface area contributed by atoms with Gasteiger partial charge in [0.25, 0.3) is 0 Å². The molecule has 0 aliphatic rings. The number of nitrogens with one attached hydrogen (secondary N) is 2. The first-order valence-electron chi connectivity index (χ1n) is 8.23. The van der Waals surface area contributed by atoms with E-state index in [-0.39, 0.29) is 5.75 Å². The molecule has 1 aromatic heterocycles. The summed E-state index contributed by atoms with van der Waals surface area (Å²) in [5.41, 5.74) is 0.904. The Morgan fingerprint density at radius 3 is 2.54 bits per heavy atom. The summed E-state index contributed by atoms with van der Waals surface area (Å²) in [6.07, 6.45) is 0.551. The van der Waals surface area contributed by atoms with Crippen LogP contribution in [0.4, 0.5) is 13.2 Å². The molecule has 0 saturated carbocycles. The molecule has 0 aliphatic heterocycles. The van der Waals surface area contributed by atoms with Crippen LogP contribution in [0, 0.1) is 0 Å². The van der Waals surface area contributed by atoms with Gasteiger partial charge in [0, 0.05) is 39.1 Å². The molecule has 2 aromatic rings. The van der Waals surface area contributed by atoms with Crippen molar-refractivity contribution in [1.29, 1.82) is 0 Å². The summed E-state index contributed by atoms with van der Waals surface area (Å²) < 4.78 is 42.1.